The van der Waals surface area contributed by atoms with Crippen LogP contribution >= 0.6 is 35.6 Å². The molecule has 24 heavy (non-hydrogen) atoms. The second kappa shape index (κ2) is 12.4. The van der Waals surface area contributed by atoms with Crippen LogP contribution in [0.3, 0.4) is 0 Å². The van der Waals surface area contributed by atoms with Crippen LogP contribution in [0, 0.1) is 0 Å². The largest absolute Gasteiger partial charge is 0.356 e. The van der Waals surface area contributed by atoms with E-state index < -0.39 is 0 Å². The van der Waals surface area contributed by atoms with Gasteiger partial charge in [0.25, 0.3) is 0 Å². The van der Waals surface area contributed by atoms with Gasteiger partial charge in [-0.15, -0.1) is 24.0 Å². The van der Waals surface area contributed by atoms with E-state index in [9.17, 15) is 4.79 Å². The van der Waals surface area contributed by atoms with Gasteiger partial charge in [-0.1, -0.05) is 36.7 Å². The van der Waals surface area contributed by atoms with Crippen molar-refractivity contribution in [3.05, 3.63) is 34.9 Å². The van der Waals surface area contributed by atoms with E-state index in [1.54, 1.807) is 7.05 Å². The van der Waals surface area contributed by atoms with E-state index in [1.165, 1.54) is 0 Å². The molecule has 1 amide bonds. The number of hydrogen-bond acceptors (Lipinski definition) is 2. The molecule has 1 atom stereocenters. The average Bonchev–Trinajstić information content (AvgIpc) is 2.53. The SMILES string of the molecule is CCC(C)NC(=O)CCNC(=NC)N(C)Cc1ccccc1Cl.I. The molecule has 0 saturated heterocycles. The van der Waals surface area contributed by atoms with E-state index in [1.807, 2.05) is 43.1 Å². The first kappa shape index (κ1) is 23.0. The van der Waals surface area contributed by atoms with Gasteiger partial charge in [0.15, 0.2) is 5.96 Å². The Morgan fingerprint density at radius 3 is 2.62 bits per heavy atom. The molecular formula is C17H28ClIN4O. The Hall–Kier alpha value is -1.02. The number of hydrogen-bond donors (Lipinski definition) is 2. The van der Waals surface area contributed by atoms with Crippen LogP contribution in [0.15, 0.2) is 29.3 Å². The van der Waals surface area contributed by atoms with E-state index >= 15 is 0 Å². The summed E-state index contributed by atoms with van der Waals surface area (Å²) in [6.07, 6.45) is 1.35. The van der Waals surface area contributed by atoms with Crippen LogP contribution < -0.4 is 10.6 Å². The topological polar surface area (TPSA) is 56.7 Å². The van der Waals surface area contributed by atoms with Crippen molar-refractivity contribution >= 4 is 47.4 Å². The third-order valence-corrected chi connectivity index (χ3v) is 3.96. The summed E-state index contributed by atoms with van der Waals surface area (Å²) in [5.41, 5.74) is 1.04. The van der Waals surface area contributed by atoms with Gasteiger partial charge in [0.2, 0.25) is 5.91 Å². The molecule has 0 saturated carbocycles. The molecule has 0 radical (unpaired) electrons. The summed E-state index contributed by atoms with van der Waals surface area (Å²) in [5.74, 6) is 0.789. The minimum absolute atomic E-state index is 0. The fourth-order valence-corrected chi connectivity index (χ4v) is 2.27. The maximum absolute atomic E-state index is 11.8. The molecule has 0 aliphatic carbocycles. The zero-order chi connectivity index (χ0) is 17.2. The lowest BCUT2D eigenvalue weighted by Gasteiger charge is -2.22. The molecule has 1 rings (SSSR count). The number of carbonyl (C=O) groups is 1. The number of aliphatic imine (C=N–C) groups is 1. The van der Waals surface area contributed by atoms with Crippen molar-refractivity contribution in [2.24, 2.45) is 4.99 Å². The standard InChI is InChI=1S/C17H27ClN4O.HI/c1-5-13(2)21-16(23)10-11-20-17(19-3)22(4)12-14-8-6-7-9-15(14)18;/h6-9,13H,5,10-12H2,1-4H3,(H,19,20)(H,21,23);1H. The summed E-state index contributed by atoms with van der Waals surface area (Å²) in [6.45, 7) is 5.25. The third-order valence-electron chi connectivity index (χ3n) is 3.59. The van der Waals surface area contributed by atoms with Crippen molar-refractivity contribution in [1.29, 1.82) is 0 Å². The maximum atomic E-state index is 11.8. The summed E-state index contributed by atoms with van der Waals surface area (Å²) < 4.78 is 0. The lowest BCUT2D eigenvalue weighted by atomic mass is 10.2. The summed E-state index contributed by atoms with van der Waals surface area (Å²) >= 11 is 6.18. The van der Waals surface area contributed by atoms with Gasteiger partial charge in [-0.25, -0.2) is 0 Å². The van der Waals surface area contributed by atoms with Gasteiger partial charge < -0.3 is 15.5 Å². The first-order valence-electron chi connectivity index (χ1n) is 7.92. The Morgan fingerprint density at radius 1 is 1.38 bits per heavy atom. The number of carbonyl (C=O) groups excluding carboxylic acids is 1. The predicted octanol–water partition coefficient (Wildman–Crippen LogP) is 3.27. The van der Waals surface area contributed by atoms with Crippen molar-refractivity contribution in [2.45, 2.75) is 39.3 Å². The maximum Gasteiger partial charge on any atom is 0.221 e. The summed E-state index contributed by atoms with van der Waals surface area (Å²) in [7, 11) is 3.67. The van der Waals surface area contributed by atoms with Crippen LogP contribution in [-0.4, -0.2) is 43.4 Å². The Kier molecular flexibility index (Phi) is 11.8. The number of guanidine groups is 1. The van der Waals surface area contributed by atoms with Gasteiger partial charge in [-0.3, -0.25) is 9.79 Å². The molecule has 136 valence electrons. The lowest BCUT2D eigenvalue weighted by Crippen LogP contribution is -2.41. The van der Waals surface area contributed by atoms with Gasteiger partial charge in [-0.2, -0.15) is 0 Å². The van der Waals surface area contributed by atoms with Crippen molar-refractivity contribution in [3.63, 3.8) is 0 Å². The van der Waals surface area contributed by atoms with Gasteiger partial charge in [0, 0.05) is 44.7 Å². The second-order valence-electron chi connectivity index (χ2n) is 5.55. The summed E-state index contributed by atoms with van der Waals surface area (Å²) in [5, 5.41) is 6.89. The molecule has 0 heterocycles. The Morgan fingerprint density at radius 2 is 2.04 bits per heavy atom. The molecule has 0 spiro atoms. The van der Waals surface area contributed by atoms with Crippen molar-refractivity contribution in [2.75, 3.05) is 20.6 Å². The third kappa shape index (κ3) is 8.19. The smallest absolute Gasteiger partial charge is 0.221 e. The number of rotatable bonds is 7. The number of halogens is 2. The fraction of sp³-hybridized carbons (Fsp3) is 0.529. The number of nitrogens with zero attached hydrogens (tertiary/aromatic N) is 2. The van der Waals surface area contributed by atoms with E-state index in [0.29, 0.717) is 19.5 Å². The Balaban J connectivity index is 0.00000529. The van der Waals surface area contributed by atoms with Crippen molar-refractivity contribution < 1.29 is 4.79 Å². The zero-order valence-electron chi connectivity index (χ0n) is 14.8. The predicted molar refractivity (Wildman–Crippen MR) is 112 cm³/mol. The lowest BCUT2D eigenvalue weighted by molar-refractivity contribution is -0.121. The minimum atomic E-state index is 0. The molecule has 0 aromatic heterocycles. The van der Waals surface area contributed by atoms with Crippen LogP contribution in [0.25, 0.3) is 0 Å². The molecule has 5 nitrogen and oxygen atoms in total. The van der Waals surface area contributed by atoms with Crippen LogP contribution in [0.5, 0.6) is 0 Å². The molecule has 1 aromatic carbocycles. The molecule has 1 aromatic rings. The number of amides is 1. The number of nitrogens with one attached hydrogen (secondary N) is 2. The highest BCUT2D eigenvalue weighted by Crippen LogP contribution is 2.16. The summed E-state index contributed by atoms with van der Waals surface area (Å²) in [4.78, 5) is 18.0. The molecule has 1 unspecified atom stereocenters. The van der Waals surface area contributed by atoms with Crippen molar-refractivity contribution in [3.8, 4) is 0 Å². The quantitative estimate of drug-likeness (QED) is 0.368. The molecule has 2 N–H and O–H groups in total. The summed E-state index contributed by atoms with van der Waals surface area (Å²) in [6, 6.07) is 7.95. The molecule has 0 aliphatic rings. The highest BCUT2D eigenvalue weighted by Gasteiger charge is 2.10. The molecule has 0 fully saturated rings. The highest BCUT2D eigenvalue weighted by atomic mass is 127. The van der Waals surface area contributed by atoms with E-state index in [-0.39, 0.29) is 35.9 Å². The van der Waals surface area contributed by atoms with Crippen LogP contribution in [0.2, 0.25) is 5.02 Å². The molecule has 0 aliphatic heterocycles. The first-order chi connectivity index (χ1) is 11.0. The molecule has 0 bridgehead atoms. The zero-order valence-corrected chi connectivity index (χ0v) is 17.9. The Bertz CT molecular complexity index is 539. The minimum Gasteiger partial charge on any atom is -0.356 e. The Labute approximate surface area is 167 Å². The van der Waals surface area contributed by atoms with Gasteiger partial charge in [-0.05, 0) is 25.0 Å². The van der Waals surface area contributed by atoms with E-state index in [0.717, 1.165) is 23.0 Å². The van der Waals surface area contributed by atoms with Crippen LogP contribution in [0.1, 0.15) is 32.3 Å². The average molecular weight is 467 g/mol. The van der Waals surface area contributed by atoms with Crippen molar-refractivity contribution in [1.82, 2.24) is 15.5 Å². The second-order valence-corrected chi connectivity index (χ2v) is 5.96. The van der Waals surface area contributed by atoms with Gasteiger partial charge in [0.1, 0.15) is 0 Å². The normalized spacial score (nSPS) is 12.1. The first-order valence-corrected chi connectivity index (χ1v) is 8.30. The van der Waals surface area contributed by atoms with Crippen LogP contribution in [0.4, 0.5) is 0 Å². The van der Waals surface area contributed by atoms with E-state index in [2.05, 4.69) is 22.5 Å². The highest BCUT2D eigenvalue weighted by molar-refractivity contribution is 14.0. The molecule has 7 heteroatoms. The molecular weight excluding hydrogens is 439 g/mol. The number of benzene rings is 1. The monoisotopic (exact) mass is 466 g/mol. The van der Waals surface area contributed by atoms with E-state index in [4.69, 9.17) is 11.6 Å². The van der Waals surface area contributed by atoms with Gasteiger partial charge >= 0.3 is 0 Å². The fourth-order valence-electron chi connectivity index (χ4n) is 2.08. The van der Waals surface area contributed by atoms with Crippen LogP contribution in [-0.2, 0) is 11.3 Å². The van der Waals surface area contributed by atoms with Gasteiger partial charge in [0.05, 0.1) is 0 Å².